The molecule has 1 N–H and O–H groups in total. The molecule has 1 fully saturated rings. The van der Waals surface area contributed by atoms with Crippen LogP contribution in [0.15, 0.2) is 30.3 Å². The second-order valence-electron chi connectivity index (χ2n) is 4.44. The molecule has 6 nitrogen and oxygen atoms in total. The molecule has 2 rings (SSSR count). The predicted octanol–water partition coefficient (Wildman–Crippen LogP) is 1.23. The van der Waals surface area contributed by atoms with E-state index in [2.05, 4.69) is 5.32 Å². The number of nitrogens with zero attached hydrogens (tertiary/aromatic N) is 1. The highest BCUT2D eigenvalue weighted by Crippen LogP contribution is 2.35. The zero-order valence-electron chi connectivity index (χ0n) is 11.3. The van der Waals surface area contributed by atoms with Gasteiger partial charge in [0.1, 0.15) is 6.04 Å². The number of carbonyl (C=O) groups is 3. The van der Waals surface area contributed by atoms with Gasteiger partial charge in [0.05, 0.1) is 12.6 Å². The van der Waals surface area contributed by atoms with E-state index in [0.29, 0.717) is 0 Å². The number of β-lactam (4-membered cyclic amide) rings is 1. The van der Waals surface area contributed by atoms with E-state index in [9.17, 15) is 14.4 Å². The summed E-state index contributed by atoms with van der Waals surface area (Å²) in [4.78, 5) is 36.0. The molecule has 1 saturated heterocycles. The van der Waals surface area contributed by atoms with Crippen molar-refractivity contribution in [3.8, 4) is 0 Å². The molecule has 0 radical (unpaired) electrons. The maximum Gasteiger partial charge on any atom is 0.417 e. The molecule has 3 amide bonds. The van der Waals surface area contributed by atoms with Crippen LogP contribution in [0, 0.1) is 0 Å². The third kappa shape index (κ3) is 2.49. The number of imide groups is 1. The molecule has 1 heterocycles. The minimum atomic E-state index is -0.723. The Labute approximate surface area is 116 Å². The van der Waals surface area contributed by atoms with Crippen molar-refractivity contribution in [1.82, 2.24) is 10.2 Å². The number of hydrogen-bond acceptors (Lipinski definition) is 4. The van der Waals surface area contributed by atoms with E-state index < -0.39 is 24.1 Å². The topological polar surface area (TPSA) is 75.7 Å². The minimum absolute atomic E-state index is 0.189. The lowest BCUT2D eigenvalue weighted by Crippen LogP contribution is -2.66. The Morgan fingerprint density at radius 2 is 1.95 bits per heavy atom. The first-order valence-corrected chi connectivity index (χ1v) is 6.38. The minimum Gasteiger partial charge on any atom is -0.449 e. The molecule has 1 aromatic carbocycles. The van der Waals surface area contributed by atoms with Crippen molar-refractivity contribution in [2.24, 2.45) is 0 Å². The van der Waals surface area contributed by atoms with Crippen LogP contribution in [0.2, 0.25) is 0 Å². The second-order valence-corrected chi connectivity index (χ2v) is 4.44. The van der Waals surface area contributed by atoms with Crippen LogP contribution in [0.4, 0.5) is 4.79 Å². The number of rotatable bonds is 3. The van der Waals surface area contributed by atoms with Crippen LogP contribution < -0.4 is 5.32 Å². The summed E-state index contributed by atoms with van der Waals surface area (Å²) in [7, 11) is 0. The Hall–Kier alpha value is -2.37. The van der Waals surface area contributed by atoms with Crippen LogP contribution in [0.1, 0.15) is 25.5 Å². The summed E-state index contributed by atoms with van der Waals surface area (Å²) in [6, 6.07) is 7.83. The number of carbonyl (C=O) groups excluding carboxylic acids is 3. The van der Waals surface area contributed by atoms with E-state index in [1.165, 1.54) is 6.92 Å². The van der Waals surface area contributed by atoms with Gasteiger partial charge >= 0.3 is 6.09 Å². The molecule has 1 aliphatic heterocycles. The third-order valence-corrected chi connectivity index (χ3v) is 3.06. The molecule has 2 unspecified atom stereocenters. The van der Waals surface area contributed by atoms with Crippen LogP contribution in [0.5, 0.6) is 0 Å². The van der Waals surface area contributed by atoms with Gasteiger partial charge in [0.25, 0.3) is 5.91 Å². The average Bonchev–Trinajstić information content (AvgIpc) is 2.42. The SMILES string of the molecule is CCOC(=O)N1C(=O)C(NC(C)=O)C1c1ccccc1. The Morgan fingerprint density at radius 1 is 1.30 bits per heavy atom. The molecule has 106 valence electrons. The molecule has 0 bridgehead atoms. The van der Waals surface area contributed by atoms with Gasteiger partial charge in [-0.1, -0.05) is 30.3 Å². The lowest BCUT2D eigenvalue weighted by molar-refractivity contribution is -0.150. The van der Waals surface area contributed by atoms with E-state index in [4.69, 9.17) is 4.74 Å². The monoisotopic (exact) mass is 276 g/mol. The van der Waals surface area contributed by atoms with Crippen molar-refractivity contribution in [3.05, 3.63) is 35.9 Å². The fourth-order valence-electron chi connectivity index (χ4n) is 2.24. The van der Waals surface area contributed by atoms with Crippen LogP contribution in [0.25, 0.3) is 0 Å². The number of ether oxygens (including phenoxy) is 1. The Morgan fingerprint density at radius 3 is 2.50 bits per heavy atom. The second kappa shape index (κ2) is 5.73. The maximum absolute atomic E-state index is 12.0. The van der Waals surface area contributed by atoms with Crippen LogP contribution >= 0.6 is 0 Å². The van der Waals surface area contributed by atoms with Crippen LogP contribution in [-0.4, -0.2) is 35.5 Å². The van der Waals surface area contributed by atoms with Crippen molar-refractivity contribution < 1.29 is 19.1 Å². The quantitative estimate of drug-likeness (QED) is 0.842. The first kappa shape index (κ1) is 14.0. The summed E-state index contributed by atoms with van der Waals surface area (Å²) in [5, 5.41) is 2.57. The standard InChI is InChI=1S/C14H16N2O4/c1-3-20-14(19)16-12(10-7-5-4-6-8-10)11(13(16)18)15-9(2)17/h4-8,11-12H,3H2,1-2H3,(H,15,17). The van der Waals surface area contributed by atoms with Gasteiger partial charge in [0.15, 0.2) is 0 Å². The molecule has 2 atom stereocenters. The Bertz CT molecular complexity index is 529. The van der Waals surface area contributed by atoms with E-state index in [1.807, 2.05) is 18.2 Å². The molecular formula is C14H16N2O4. The summed E-state index contributed by atoms with van der Waals surface area (Å²) >= 11 is 0. The summed E-state index contributed by atoms with van der Waals surface area (Å²) in [5.74, 6) is -0.764. The van der Waals surface area contributed by atoms with Crippen molar-refractivity contribution in [2.75, 3.05) is 6.61 Å². The fraction of sp³-hybridized carbons (Fsp3) is 0.357. The number of nitrogens with one attached hydrogen (secondary N) is 1. The zero-order chi connectivity index (χ0) is 14.7. The largest absolute Gasteiger partial charge is 0.449 e. The van der Waals surface area contributed by atoms with Gasteiger partial charge in [-0.25, -0.2) is 9.69 Å². The Kier molecular flexibility index (Phi) is 4.02. The Balaban J connectivity index is 2.26. The highest BCUT2D eigenvalue weighted by molar-refractivity contribution is 6.03. The predicted molar refractivity (Wildman–Crippen MR) is 70.7 cm³/mol. The van der Waals surface area contributed by atoms with Crippen LogP contribution in [-0.2, 0) is 14.3 Å². The number of likely N-dealkylation sites (tertiary alicyclic amines) is 1. The number of hydrogen-bond donors (Lipinski definition) is 1. The molecule has 6 heteroatoms. The van der Waals surface area contributed by atoms with Gasteiger partial charge < -0.3 is 10.1 Å². The molecule has 0 aliphatic carbocycles. The third-order valence-electron chi connectivity index (χ3n) is 3.06. The molecular weight excluding hydrogens is 260 g/mol. The van der Waals surface area contributed by atoms with E-state index >= 15 is 0 Å². The van der Waals surface area contributed by atoms with Crippen LogP contribution in [0.3, 0.4) is 0 Å². The summed E-state index contributed by atoms with van der Waals surface area (Å²) < 4.78 is 4.87. The average molecular weight is 276 g/mol. The van der Waals surface area contributed by atoms with Gasteiger partial charge in [-0.3, -0.25) is 9.59 Å². The lowest BCUT2D eigenvalue weighted by Gasteiger charge is -2.44. The van der Waals surface area contributed by atoms with Crippen molar-refractivity contribution in [3.63, 3.8) is 0 Å². The highest BCUT2D eigenvalue weighted by atomic mass is 16.6. The smallest absolute Gasteiger partial charge is 0.417 e. The fourth-order valence-corrected chi connectivity index (χ4v) is 2.24. The summed E-state index contributed by atoms with van der Waals surface area (Å²) in [6.45, 7) is 3.20. The van der Waals surface area contributed by atoms with Gasteiger partial charge in [-0.2, -0.15) is 0 Å². The van der Waals surface area contributed by atoms with E-state index in [0.717, 1.165) is 10.5 Å². The number of amides is 3. The lowest BCUT2D eigenvalue weighted by atomic mass is 9.89. The van der Waals surface area contributed by atoms with Crippen molar-refractivity contribution in [2.45, 2.75) is 25.9 Å². The normalized spacial score (nSPS) is 21.1. The highest BCUT2D eigenvalue weighted by Gasteiger charge is 2.52. The summed E-state index contributed by atoms with van der Waals surface area (Å²) in [6.07, 6.45) is -0.687. The molecule has 20 heavy (non-hydrogen) atoms. The zero-order valence-corrected chi connectivity index (χ0v) is 11.3. The summed E-state index contributed by atoms with van der Waals surface area (Å²) in [5.41, 5.74) is 0.777. The van der Waals surface area contributed by atoms with Crippen molar-refractivity contribution in [1.29, 1.82) is 0 Å². The molecule has 1 aromatic rings. The molecule has 0 aromatic heterocycles. The molecule has 0 spiro atoms. The number of benzene rings is 1. The van der Waals surface area contributed by atoms with E-state index in [-0.39, 0.29) is 12.5 Å². The van der Waals surface area contributed by atoms with Gasteiger partial charge in [0.2, 0.25) is 5.91 Å². The molecule has 0 saturated carbocycles. The molecule has 1 aliphatic rings. The van der Waals surface area contributed by atoms with Crippen molar-refractivity contribution >= 4 is 17.9 Å². The maximum atomic E-state index is 12.0. The van der Waals surface area contributed by atoms with Gasteiger partial charge in [-0.15, -0.1) is 0 Å². The van der Waals surface area contributed by atoms with E-state index in [1.54, 1.807) is 19.1 Å². The van der Waals surface area contributed by atoms with Gasteiger partial charge in [-0.05, 0) is 12.5 Å². The van der Waals surface area contributed by atoms with Gasteiger partial charge in [0, 0.05) is 6.92 Å². The first-order chi connectivity index (χ1) is 9.56. The first-order valence-electron chi connectivity index (χ1n) is 6.38.